The lowest BCUT2D eigenvalue weighted by Crippen LogP contribution is -2.55. The van der Waals surface area contributed by atoms with Crippen molar-refractivity contribution in [2.24, 2.45) is 5.92 Å². The fourth-order valence-corrected chi connectivity index (χ4v) is 8.70. The average Bonchev–Trinajstić information content (AvgIpc) is 3.04. The molecule has 5 nitrogen and oxygen atoms in total. The number of Topliss-reactive ketones (excluding diaryl/α,β-unsaturated/α-hetero) is 1. The Kier molecular flexibility index (Phi) is 4.30. The molecule has 7 heteroatoms. The summed E-state index contributed by atoms with van der Waals surface area (Å²) in [5.74, 6) is 0.279. The van der Waals surface area contributed by atoms with Gasteiger partial charge in [-0.2, -0.15) is 4.31 Å². The van der Waals surface area contributed by atoms with E-state index < -0.39 is 29.7 Å². The third-order valence-corrected chi connectivity index (χ3v) is 9.97. The molecule has 0 amide bonds. The van der Waals surface area contributed by atoms with Crippen LogP contribution in [0.2, 0.25) is 19.6 Å². The van der Waals surface area contributed by atoms with Gasteiger partial charge in [0, 0.05) is 6.54 Å². The summed E-state index contributed by atoms with van der Waals surface area (Å²) in [7, 11) is -5.75. The van der Waals surface area contributed by atoms with Crippen LogP contribution in [0.25, 0.3) is 0 Å². The van der Waals surface area contributed by atoms with Crippen molar-refractivity contribution in [1.29, 1.82) is 0 Å². The largest absolute Gasteiger partial charge is 0.472 e. The van der Waals surface area contributed by atoms with Crippen molar-refractivity contribution in [2.75, 3.05) is 6.54 Å². The number of carbonyl (C=O) groups excluding carboxylic acids is 1. The number of allylic oxidation sites excluding steroid dienone is 3. The van der Waals surface area contributed by atoms with Gasteiger partial charge in [-0.15, -0.1) is 0 Å². The molecule has 0 unspecified atom stereocenters. The van der Waals surface area contributed by atoms with Gasteiger partial charge < -0.3 is 4.74 Å². The molecule has 1 aliphatic carbocycles. The van der Waals surface area contributed by atoms with E-state index in [0.717, 1.165) is 16.3 Å². The van der Waals surface area contributed by atoms with Gasteiger partial charge in [0.15, 0.2) is 5.78 Å². The standard InChI is InChI=1S/C21H27NO4SSi/c1-14-6-9-16(10-7-14)27(24,25)22-13-12-18-20(28(3,4)5)19(23)17-11-8-15(2)26-21(17,18)22/h6-10,17H,11-13H2,1-5H3/t17-,21+/m1/s1. The molecule has 150 valence electrons. The number of benzene rings is 1. The van der Waals surface area contributed by atoms with Crippen LogP contribution in [0.4, 0.5) is 0 Å². The zero-order chi connectivity index (χ0) is 20.5. The molecular formula is C21H27NO4SSi. The molecule has 4 rings (SSSR count). The van der Waals surface area contributed by atoms with Gasteiger partial charge in [0.25, 0.3) is 0 Å². The van der Waals surface area contributed by atoms with Crippen LogP contribution < -0.4 is 0 Å². The summed E-state index contributed by atoms with van der Waals surface area (Å²) in [6.45, 7) is 10.6. The van der Waals surface area contributed by atoms with E-state index >= 15 is 0 Å². The highest BCUT2D eigenvalue weighted by Crippen LogP contribution is 2.56. The molecule has 0 bridgehead atoms. The Labute approximate surface area is 168 Å². The second-order valence-corrected chi connectivity index (χ2v) is 15.9. The van der Waals surface area contributed by atoms with Crippen LogP contribution >= 0.6 is 0 Å². The van der Waals surface area contributed by atoms with Gasteiger partial charge in [-0.25, -0.2) is 8.42 Å². The molecule has 2 atom stereocenters. The maximum atomic E-state index is 13.6. The summed E-state index contributed by atoms with van der Waals surface area (Å²) in [6.07, 6.45) is 2.98. The van der Waals surface area contributed by atoms with Crippen molar-refractivity contribution in [3.05, 3.63) is 52.4 Å². The third-order valence-electron chi connectivity index (χ3n) is 6.02. The van der Waals surface area contributed by atoms with Gasteiger partial charge >= 0.3 is 0 Å². The number of ketones is 1. The first-order valence-corrected chi connectivity index (χ1v) is 14.7. The Morgan fingerprint density at radius 1 is 1.14 bits per heavy atom. The highest BCUT2D eigenvalue weighted by molar-refractivity contribution is 7.89. The molecule has 1 aromatic carbocycles. The van der Waals surface area contributed by atoms with Crippen molar-refractivity contribution in [3.8, 4) is 0 Å². The molecule has 0 radical (unpaired) electrons. The van der Waals surface area contributed by atoms with E-state index in [2.05, 4.69) is 19.6 Å². The second-order valence-electron chi connectivity index (χ2n) is 9.01. The maximum absolute atomic E-state index is 13.6. The SMILES string of the molecule is CC1=CC[C@@H]2C(=O)C([Si](C)(C)C)=C3CCN(S(=O)(=O)c4ccc(C)cc4)[C@@]32O1. The summed E-state index contributed by atoms with van der Waals surface area (Å²) in [4.78, 5) is 13.6. The Morgan fingerprint density at radius 3 is 2.39 bits per heavy atom. The van der Waals surface area contributed by atoms with E-state index in [1.54, 1.807) is 24.3 Å². The van der Waals surface area contributed by atoms with Gasteiger partial charge in [0.1, 0.15) is 0 Å². The monoisotopic (exact) mass is 417 g/mol. The molecule has 28 heavy (non-hydrogen) atoms. The lowest BCUT2D eigenvalue weighted by molar-refractivity contribution is -0.133. The summed E-state index contributed by atoms with van der Waals surface area (Å²) in [5.41, 5.74) is 0.724. The van der Waals surface area contributed by atoms with E-state index in [0.29, 0.717) is 25.1 Å². The summed E-state index contributed by atoms with van der Waals surface area (Å²) < 4.78 is 35.0. The molecule has 0 aromatic heterocycles. The predicted octanol–water partition coefficient (Wildman–Crippen LogP) is 3.78. The predicted molar refractivity (Wildman–Crippen MR) is 111 cm³/mol. The van der Waals surface area contributed by atoms with Crippen molar-refractivity contribution in [2.45, 2.75) is 57.0 Å². The molecule has 0 N–H and O–H groups in total. The van der Waals surface area contributed by atoms with Gasteiger partial charge in [0.05, 0.1) is 24.6 Å². The average molecular weight is 418 g/mol. The van der Waals surface area contributed by atoms with Gasteiger partial charge in [-0.1, -0.05) is 37.3 Å². The summed E-state index contributed by atoms with van der Waals surface area (Å²) in [5, 5.41) is 0.877. The van der Waals surface area contributed by atoms with Crippen LogP contribution in [0.1, 0.15) is 25.3 Å². The maximum Gasteiger partial charge on any atom is 0.246 e. The van der Waals surface area contributed by atoms with Gasteiger partial charge in [-0.05, 0) is 55.7 Å². The van der Waals surface area contributed by atoms with Crippen LogP contribution in [0.15, 0.2) is 51.8 Å². The Morgan fingerprint density at radius 2 is 1.79 bits per heavy atom. The molecule has 0 saturated carbocycles. The smallest absolute Gasteiger partial charge is 0.246 e. The lowest BCUT2D eigenvalue weighted by Gasteiger charge is -2.42. The summed E-state index contributed by atoms with van der Waals surface area (Å²) >= 11 is 0. The molecule has 1 spiro atoms. The van der Waals surface area contributed by atoms with Crippen molar-refractivity contribution < 1.29 is 17.9 Å². The normalized spacial score (nSPS) is 28.1. The van der Waals surface area contributed by atoms with Crippen molar-refractivity contribution in [3.63, 3.8) is 0 Å². The van der Waals surface area contributed by atoms with Crippen LogP contribution in [0.5, 0.6) is 0 Å². The number of rotatable bonds is 3. The van der Waals surface area contributed by atoms with E-state index in [-0.39, 0.29) is 10.7 Å². The first-order chi connectivity index (χ1) is 13.0. The molecule has 2 aliphatic heterocycles. The molecular weight excluding hydrogens is 390 g/mol. The first-order valence-electron chi connectivity index (χ1n) is 9.73. The van der Waals surface area contributed by atoms with E-state index in [1.807, 2.05) is 19.9 Å². The number of hydrogen-bond acceptors (Lipinski definition) is 4. The van der Waals surface area contributed by atoms with E-state index in [9.17, 15) is 13.2 Å². The van der Waals surface area contributed by atoms with Crippen LogP contribution in [-0.2, 0) is 19.6 Å². The molecule has 3 aliphatic rings. The summed E-state index contributed by atoms with van der Waals surface area (Å²) in [6, 6.07) is 6.88. The lowest BCUT2D eigenvalue weighted by atomic mass is 9.89. The fraction of sp³-hybridized carbons (Fsp3) is 0.476. The Bertz CT molecular complexity index is 1020. The highest BCUT2D eigenvalue weighted by atomic mass is 32.2. The number of ether oxygens (including phenoxy) is 1. The molecule has 1 saturated heterocycles. The minimum atomic E-state index is -3.79. The molecule has 1 fully saturated rings. The van der Waals surface area contributed by atoms with E-state index in [1.165, 1.54) is 4.31 Å². The van der Waals surface area contributed by atoms with Crippen LogP contribution in [0.3, 0.4) is 0 Å². The van der Waals surface area contributed by atoms with Gasteiger partial charge in [-0.3, -0.25) is 4.79 Å². The minimum absolute atomic E-state index is 0.0849. The number of sulfonamides is 1. The number of nitrogens with zero attached hydrogens (tertiary/aromatic N) is 1. The highest BCUT2D eigenvalue weighted by Gasteiger charge is 2.66. The second kappa shape index (κ2) is 6.15. The topological polar surface area (TPSA) is 63.7 Å². The third kappa shape index (κ3) is 2.59. The van der Waals surface area contributed by atoms with Crippen molar-refractivity contribution >= 4 is 23.9 Å². The first kappa shape index (κ1) is 19.6. The zero-order valence-electron chi connectivity index (χ0n) is 17.1. The van der Waals surface area contributed by atoms with Crippen molar-refractivity contribution in [1.82, 2.24) is 4.31 Å². The fourth-order valence-electron chi connectivity index (χ4n) is 4.88. The van der Waals surface area contributed by atoms with E-state index in [4.69, 9.17) is 4.74 Å². The number of carbonyl (C=O) groups is 1. The molecule has 1 aromatic rings. The van der Waals surface area contributed by atoms with Crippen LogP contribution in [0, 0.1) is 12.8 Å². The Balaban J connectivity index is 1.92. The quantitative estimate of drug-likeness (QED) is 0.702. The minimum Gasteiger partial charge on any atom is -0.472 e. The Hall–Kier alpha value is -1.70. The van der Waals surface area contributed by atoms with Crippen LogP contribution in [-0.4, -0.2) is 38.8 Å². The number of hydrogen-bond donors (Lipinski definition) is 0. The van der Waals surface area contributed by atoms with Gasteiger partial charge in [0.2, 0.25) is 15.7 Å². The number of aryl methyl sites for hydroxylation is 1. The molecule has 2 heterocycles. The zero-order valence-corrected chi connectivity index (χ0v) is 18.9.